The zero-order valence-corrected chi connectivity index (χ0v) is 11.4. The normalized spacial score (nSPS) is 11.1. The summed E-state index contributed by atoms with van der Waals surface area (Å²) in [7, 11) is -3.40. The minimum atomic E-state index is -4.69. The Hall–Kier alpha value is -1.54. The lowest BCUT2D eigenvalue weighted by Crippen LogP contribution is -2.20. The van der Waals surface area contributed by atoms with Crippen molar-refractivity contribution in [3.63, 3.8) is 0 Å². The molecule has 0 heterocycles. The molecule has 0 aromatic heterocycles. The van der Waals surface area contributed by atoms with Crippen LogP contribution >= 0.6 is 11.6 Å². The van der Waals surface area contributed by atoms with E-state index < -0.39 is 28.5 Å². The van der Waals surface area contributed by atoms with Crippen LogP contribution in [0, 0.1) is 0 Å². The highest BCUT2D eigenvalue weighted by Gasteiger charge is 2.16. The van der Waals surface area contributed by atoms with Crippen LogP contribution < -0.4 is 15.2 Å². The number of halogens is 2. The second kappa shape index (κ2) is 6.07. The lowest BCUT2D eigenvalue weighted by atomic mass is 10.2. The average molecular weight is 312 g/mol. The number of nitrogens with two attached hydrogens (primary N) is 1. The van der Waals surface area contributed by atoms with Gasteiger partial charge in [0.15, 0.2) is 18.1 Å². The van der Waals surface area contributed by atoms with Crippen molar-refractivity contribution < 1.29 is 26.6 Å². The number of amides is 1. The van der Waals surface area contributed by atoms with E-state index in [9.17, 15) is 17.1 Å². The zero-order chi connectivity index (χ0) is 14.6. The molecular weight excluding hydrogens is 301 g/mol. The first kappa shape index (κ1) is 15.5. The first-order valence-corrected chi connectivity index (χ1v) is 6.86. The van der Waals surface area contributed by atoms with Crippen LogP contribution in [-0.2, 0) is 20.8 Å². The molecule has 1 aromatic carbocycles. The number of carbonyl (C=O) groups is 1. The van der Waals surface area contributed by atoms with Crippen molar-refractivity contribution in [3.8, 4) is 11.5 Å². The molecular formula is C10H11ClFNO5S. The predicted octanol–water partition coefficient (Wildman–Crippen LogP) is 1.01. The van der Waals surface area contributed by atoms with E-state index in [1.807, 2.05) is 0 Å². The molecule has 0 unspecified atom stereocenters. The SMILES string of the molecule is COc1cc(CS(=O)(=O)F)cc(Cl)c1OCC(N)=O. The molecule has 0 spiro atoms. The van der Waals surface area contributed by atoms with Gasteiger partial charge in [-0.2, -0.15) is 8.42 Å². The van der Waals surface area contributed by atoms with E-state index in [2.05, 4.69) is 0 Å². The molecule has 6 nitrogen and oxygen atoms in total. The Bertz CT molecular complexity index is 590. The van der Waals surface area contributed by atoms with Gasteiger partial charge in [-0.15, -0.1) is 3.89 Å². The van der Waals surface area contributed by atoms with Crippen molar-refractivity contribution in [3.05, 3.63) is 22.7 Å². The lowest BCUT2D eigenvalue weighted by molar-refractivity contribution is -0.119. The number of hydrogen-bond donors (Lipinski definition) is 1. The Kier molecular flexibility index (Phi) is 4.96. The molecule has 0 bridgehead atoms. The summed E-state index contributed by atoms with van der Waals surface area (Å²) in [5.41, 5.74) is 5.01. The van der Waals surface area contributed by atoms with E-state index in [0.29, 0.717) is 0 Å². The number of carbonyl (C=O) groups excluding carboxylic acids is 1. The number of hydrogen-bond acceptors (Lipinski definition) is 5. The maximum absolute atomic E-state index is 12.6. The van der Waals surface area contributed by atoms with Crippen molar-refractivity contribution in [2.45, 2.75) is 5.75 Å². The standard InChI is InChI=1S/C10H11ClFNO5S/c1-17-8-3-6(5-19(12,15)16)2-7(11)10(8)18-4-9(13)14/h2-3H,4-5H2,1H3,(H2,13,14). The molecule has 106 valence electrons. The van der Waals surface area contributed by atoms with Crippen LogP contribution in [0.25, 0.3) is 0 Å². The maximum Gasteiger partial charge on any atom is 0.306 e. The molecule has 0 atom stereocenters. The van der Waals surface area contributed by atoms with Crippen LogP contribution in [0.4, 0.5) is 3.89 Å². The quantitative estimate of drug-likeness (QED) is 0.791. The summed E-state index contributed by atoms with van der Waals surface area (Å²) in [6, 6.07) is 2.46. The third-order valence-corrected chi connectivity index (χ3v) is 2.95. The molecule has 2 N–H and O–H groups in total. The van der Waals surface area contributed by atoms with Crippen LogP contribution in [-0.4, -0.2) is 28.0 Å². The van der Waals surface area contributed by atoms with Crippen LogP contribution in [0.1, 0.15) is 5.56 Å². The Morgan fingerprint density at radius 2 is 2.11 bits per heavy atom. The van der Waals surface area contributed by atoms with Gasteiger partial charge in [-0.1, -0.05) is 11.6 Å². The number of primary amides is 1. The molecule has 0 saturated carbocycles. The van der Waals surface area contributed by atoms with Gasteiger partial charge in [0.25, 0.3) is 5.91 Å². The maximum atomic E-state index is 12.6. The second-order valence-corrected chi connectivity index (χ2v) is 5.32. The third-order valence-electron chi connectivity index (χ3n) is 1.99. The van der Waals surface area contributed by atoms with Gasteiger partial charge in [-0.25, -0.2) is 0 Å². The van der Waals surface area contributed by atoms with E-state index in [4.69, 9.17) is 26.8 Å². The molecule has 9 heteroatoms. The fourth-order valence-electron chi connectivity index (χ4n) is 1.34. The summed E-state index contributed by atoms with van der Waals surface area (Å²) in [6.07, 6.45) is 0. The minimum Gasteiger partial charge on any atom is -0.493 e. The van der Waals surface area contributed by atoms with Gasteiger partial charge in [-0.3, -0.25) is 4.79 Å². The fraction of sp³-hybridized carbons (Fsp3) is 0.300. The summed E-state index contributed by atoms with van der Waals surface area (Å²) < 4.78 is 43.7. The van der Waals surface area contributed by atoms with Gasteiger partial charge in [0.2, 0.25) is 0 Å². The number of benzene rings is 1. The smallest absolute Gasteiger partial charge is 0.306 e. The summed E-state index contributed by atoms with van der Waals surface area (Å²) >= 11 is 5.85. The zero-order valence-electron chi connectivity index (χ0n) is 9.85. The number of rotatable bonds is 6. The van der Waals surface area contributed by atoms with Gasteiger partial charge < -0.3 is 15.2 Å². The van der Waals surface area contributed by atoms with E-state index >= 15 is 0 Å². The summed E-state index contributed by atoms with van der Waals surface area (Å²) in [6.45, 7) is -0.420. The van der Waals surface area contributed by atoms with Crippen molar-refractivity contribution in [2.24, 2.45) is 5.73 Å². The fourth-order valence-corrected chi connectivity index (χ4v) is 2.19. The Balaban J connectivity index is 3.10. The Labute approximate surface area is 114 Å². The molecule has 0 aliphatic carbocycles. The number of methoxy groups -OCH3 is 1. The van der Waals surface area contributed by atoms with Crippen LogP contribution in [0.15, 0.2) is 12.1 Å². The van der Waals surface area contributed by atoms with Crippen molar-refractivity contribution in [1.29, 1.82) is 0 Å². The van der Waals surface area contributed by atoms with Gasteiger partial charge in [-0.05, 0) is 17.7 Å². The van der Waals surface area contributed by atoms with Gasteiger partial charge >= 0.3 is 10.2 Å². The van der Waals surface area contributed by atoms with Crippen molar-refractivity contribution in [2.75, 3.05) is 13.7 Å². The molecule has 0 saturated heterocycles. The van der Waals surface area contributed by atoms with E-state index in [1.54, 1.807) is 0 Å². The molecule has 0 aliphatic heterocycles. The minimum absolute atomic E-state index is 0.0146. The molecule has 19 heavy (non-hydrogen) atoms. The van der Waals surface area contributed by atoms with E-state index in [1.165, 1.54) is 19.2 Å². The first-order chi connectivity index (χ1) is 8.73. The molecule has 1 aromatic rings. The highest BCUT2D eigenvalue weighted by molar-refractivity contribution is 7.85. The van der Waals surface area contributed by atoms with Gasteiger partial charge in [0.1, 0.15) is 5.75 Å². The highest BCUT2D eigenvalue weighted by Crippen LogP contribution is 2.36. The monoisotopic (exact) mass is 311 g/mol. The Morgan fingerprint density at radius 1 is 1.47 bits per heavy atom. The summed E-state index contributed by atoms with van der Waals surface area (Å²) in [4.78, 5) is 10.6. The van der Waals surface area contributed by atoms with Gasteiger partial charge in [0.05, 0.1) is 12.1 Å². The molecule has 0 aliphatic rings. The Morgan fingerprint density at radius 3 is 2.58 bits per heavy atom. The largest absolute Gasteiger partial charge is 0.493 e. The van der Waals surface area contributed by atoms with Crippen LogP contribution in [0.3, 0.4) is 0 Å². The van der Waals surface area contributed by atoms with E-state index in [0.717, 1.165) is 0 Å². The number of ether oxygens (including phenoxy) is 2. The first-order valence-electron chi connectivity index (χ1n) is 4.93. The summed E-state index contributed by atoms with van der Waals surface area (Å²) in [5.74, 6) is -1.44. The topological polar surface area (TPSA) is 95.7 Å². The van der Waals surface area contributed by atoms with Crippen LogP contribution in [0.5, 0.6) is 11.5 Å². The summed E-state index contributed by atoms with van der Waals surface area (Å²) in [5, 5.41) is -0.0146. The predicted molar refractivity (Wildman–Crippen MR) is 66.4 cm³/mol. The second-order valence-electron chi connectivity index (χ2n) is 3.55. The molecule has 0 radical (unpaired) electrons. The van der Waals surface area contributed by atoms with Crippen molar-refractivity contribution >= 4 is 27.7 Å². The highest BCUT2D eigenvalue weighted by atomic mass is 35.5. The molecule has 0 fully saturated rings. The lowest BCUT2D eigenvalue weighted by Gasteiger charge is -2.12. The van der Waals surface area contributed by atoms with Crippen LogP contribution in [0.2, 0.25) is 5.02 Å². The van der Waals surface area contributed by atoms with Crippen molar-refractivity contribution in [1.82, 2.24) is 0 Å². The molecule has 1 amide bonds. The van der Waals surface area contributed by atoms with Gasteiger partial charge in [0, 0.05) is 0 Å². The van der Waals surface area contributed by atoms with E-state index in [-0.39, 0.29) is 22.1 Å². The third kappa shape index (κ3) is 4.92. The molecule has 1 rings (SSSR count). The average Bonchev–Trinajstić information content (AvgIpc) is 2.24.